The number of nitrogens with one attached hydrogen (secondary N) is 1. The first-order valence-corrected chi connectivity index (χ1v) is 7.47. The SMILES string of the molecule is Nc1cccc(CSc2n[nH]c(=O)n2C2CC2)c1C(=O)O. The van der Waals surface area contributed by atoms with E-state index in [-0.39, 0.29) is 23.0 Å². The van der Waals surface area contributed by atoms with Crippen LogP contribution in [0.2, 0.25) is 0 Å². The number of thioether (sulfide) groups is 1. The molecule has 1 aliphatic rings. The molecule has 8 heteroatoms. The molecule has 1 fully saturated rings. The van der Waals surface area contributed by atoms with Crippen molar-refractivity contribution in [2.24, 2.45) is 0 Å². The summed E-state index contributed by atoms with van der Waals surface area (Å²) in [5.41, 5.74) is 6.47. The Morgan fingerprint density at radius 1 is 1.52 bits per heavy atom. The largest absolute Gasteiger partial charge is 0.478 e. The van der Waals surface area contributed by atoms with Gasteiger partial charge in [-0.2, -0.15) is 0 Å². The van der Waals surface area contributed by atoms with Gasteiger partial charge < -0.3 is 10.8 Å². The fraction of sp³-hybridized carbons (Fsp3) is 0.308. The van der Waals surface area contributed by atoms with Crippen LogP contribution in [0.5, 0.6) is 0 Å². The molecule has 1 aliphatic carbocycles. The van der Waals surface area contributed by atoms with Gasteiger partial charge in [0.25, 0.3) is 0 Å². The Labute approximate surface area is 124 Å². The normalized spacial score (nSPS) is 14.3. The van der Waals surface area contributed by atoms with Gasteiger partial charge in [-0.3, -0.25) is 4.57 Å². The van der Waals surface area contributed by atoms with E-state index in [9.17, 15) is 14.7 Å². The average Bonchev–Trinajstić information content (AvgIpc) is 3.20. The molecule has 2 aromatic rings. The van der Waals surface area contributed by atoms with Crippen molar-refractivity contribution >= 4 is 23.4 Å². The first-order valence-electron chi connectivity index (χ1n) is 6.48. The lowest BCUT2D eigenvalue weighted by Gasteiger charge is -2.08. The highest BCUT2D eigenvalue weighted by atomic mass is 32.2. The summed E-state index contributed by atoms with van der Waals surface area (Å²) in [6, 6.07) is 5.22. The first kappa shape index (κ1) is 13.7. The van der Waals surface area contributed by atoms with Crippen molar-refractivity contribution in [3.8, 4) is 0 Å². The molecule has 7 nitrogen and oxygen atoms in total. The summed E-state index contributed by atoms with van der Waals surface area (Å²) in [5.74, 6) is -0.658. The highest BCUT2D eigenvalue weighted by molar-refractivity contribution is 7.98. The van der Waals surface area contributed by atoms with Gasteiger partial charge in [-0.15, -0.1) is 5.10 Å². The van der Waals surface area contributed by atoms with E-state index >= 15 is 0 Å². The molecule has 0 bridgehead atoms. The molecular formula is C13H14N4O3S. The van der Waals surface area contributed by atoms with Crippen molar-refractivity contribution in [2.45, 2.75) is 29.8 Å². The molecule has 0 amide bonds. The van der Waals surface area contributed by atoms with E-state index in [4.69, 9.17) is 5.73 Å². The third kappa shape index (κ3) is 2.66. The molecule has 0 radical (unpaired) electrons. The third-order valence-electron chi connectivity index (χ3n) is 3.34. The number of aromatic carboxylic acids is 1. The number of anilines is 1. The molecular weight excluding hydrogens is 292 g/mol. The number of carbonyl (C=O) groups is 1. The Kier molecular flexibility index (Phi) is 3.46. The summed E-state index contributed by atoms with van der Waals surface area (Å²) in [6.45, 7) is 0. The van der Waals surface area contributed by atoms with Crippen LogP contribution < -0.4 is 11.4 Å². The van der Waals surface area contributed by atoms with Crippen LogP contribution in [0.25, 0.3) is 0 Å². The molecule has 1 aromatic carbocycles. The van der Waals surface area contributed by atoms with Gasteiger partial charge in [0.1, 0.15) is 0 Å². The predicted molar refractivity (Wildman–Crippen MR) is 78.5 cm³/mol. The zero-order chi connectivity index (χ0) is 15.0. The maximum absolute atomic E-state index is 11.7. The Morgan fingerprint density at radius 2 is 2.29 bits per heavy atom. The zero-order valence-electron chi connectivity index (χ0n) is 11.1. The fourth-order valence-corrected chi connectivity index (χ4v) is 3.20. The minimum atomic E-state index is -1.05. The number of nitrogens with zero attached hydrogens (tertiary/aromatic N) is 2. The number of carboxylic acid groups (broad SMARTS) is 1. The van der Waals surface area contributed by atoms with E-state index in [0.717, 1.165) is 12.8 Å². The van der Waals surface area contributed by atoms with E-state index < -0.39 is 5.97 Å². The lowest BCUT2D eigenvalue weighted by atomic mass is 10.1. The lowest BCUT2D eigenvalue weighted by molar-refractivity contribution is 0.0697. The lowest BCUT2D eigenvalue weighted by Crippen LogP contribution is -2.16. The second-order valence-corrected chi connectivity index (χ2v) is 5.83. The van der Waals surface area contributed by atoms with Crippen molar-refractivity contribution in [2.75, 3.05) is 5.73 Å². The summed E-state index contributed by atoms with van der Waals surface area (Å²) < 4.78 is 1.64. The maximum Gasteiger partial charge on any atom is 0.344 e. The van der Waals surface area contributed by atoms with Gasteiger partial charge in [-0.1, -0.05) is 23.9 Å². The van der Waals surface area contributed by atoms with Crippen LogP contribution >= 0.6 is 11.8 Å². The maximum atomic E-state index is 11.7. The zero-order valence-corrected chi connectivity index (χ0v) is 11.9. The van der Waals surface area contributed by atoms with Crippen molar-refractivity contribution in [3.63, 3.8) is 0 Å². The standard InChI is InChI=1S/C13H14N4O3S/c14-9-3-1-2-7(10(9)11(18)19)6-21-13-16-15-12(20)17(13)8-4-5-8/h1-3,8H,4-6,14H2,(H,15,20)(H,18,19). The van der Waals surface area contributed by atoms with Gasteiger partial charge >= 0.3 is 11.7 Å². The van der Waals surface area contributed by atoms with E-state index in [2.05, 4.69) is 10.2 Å². The van der Waals surface area contributed by atoms with Crippen LogP contribution in [-0.4, -0.2) is 25.8 Å². The quantitative estimate of drug-likeness (QED) is 0.569. The highest BCUT2D eigenvalue weighted by Gasteiger charge is 2.28. The minimum Gasteiger partial charge on any atom is -0.478 e. The van der Waals surface area contributed by atoms with Crippen molar-refractivity contribution < 1.29 is 9.90 Å². The first-order chi connectivity index (χ1) is 10.1. The highest BCUT2D eigenvalue weighted by Crippen LogP contribution is 2.36. The Hall–Kier alpha value is -2.22. The number of nitrogen functional groups attached to an aromatic ring is 1. The molecule has 0 spiro atoms. The number of aromatic nitrogens is 3. The average molecular weight is 306 g/mol. The molecule has 0 aliphatic heterocycles. The number of hydrogen-bond donors (Lipinski definition) is 3. The minimum absolute atomic E-state index is 0.112. The number of H-pyrrole nitrogens is 1. The Morgan fingerprint density at radius 3 is 2.95 bits per heavy atom. The van der Waals surface area contributed by atoms with Gasteiger partial charge in [0.05, 0.1) is 5.56 Å². The Bertz CT molecular complexity index is 748. The number of hydrogen-bond acceptors (Lipinski definition) is 5. The van der Waals surface area contributed by atoms with E-state index in [1.54, 1.807) is 22.8 Å². The van der Waals surface area contributed by atoms with Crippen molar-refractivity contribution in [3.05, 3.63) is 39.8 Å². The van der Waals surface area contributed by atoms with Crippen LogP contribution in [0.15, 0.2) is 28.2 Å². The number of carboxylic acids is 1. The van der Waals surface area contributed by atoms with Gasteiger partial charge in [-0.25, -0.2) is 14.7 Å². The topological polar surface area (TPSA) is 114 Å². The van der Waals surface area contributed by atoms with Crippen LogP contribution in [0, 0.1) is 0 Å². The van der Waals surface area contributed by atoms with Crippen molar-refractivity contribution in [1.82, 2.24) is 14.8 Å². The third-order valence-corrected chi connectivity index (χ3v) is 4.34. The molecule has 4 N–H and O–H groups in total. The van der Waals surface area contributed by atoms with Gasteiger partial charge in [0.2, 0.25) is 0 Å². The summed E-state index contributed by atoms with van der Waals surface area (Å²) in [4.78, 5) is 23.0. The molecule has 0 saturated heterocycles. The van der Waals surface area contributed by atoms with Gasteiger partial charge in [-0.05, 0) is 24.5 Å². The molecule has 3 rings (SSSR count). The Balaban J connectivity index is 1.84. The summed E-state index contributed by atoms with van der Waals surface area (Å²) in [5, 5.41) is 16.3. The second-order valence-electron chi connectivity index (χ2n) is 4.89. The summed E-state index contributed by atoms with van der Waals surface area (Å²) in [7, 11) is 0. The van der Waals surface area contributed by atoms with Crippen molar-refractivity contribution in [1.29, 1.82) is 0 Å². The molecule has 110 valence electrons. The number of nitrogens with two attached hydrogens (primary N) is 1. The smallest absolute Gasteiger partial charge is 0.344 e. The summed E-state index contributed by atoms with van der Waals surface area (Å²) >= 11 is 1.33. The van der Waals surface area contributed by atoms with Gasteiger partial charge in [0.15, 0.2) is 5.16 Å². The number of rotatable bonds is 5. The van der Waals surface area contributed by atoms with E-state index in [1.165, 1.54) is 11.8 Å². The molecule has 1 saturated carbocycles. The molecule has 1 aromatic heterocycles. The summed E-state index contributed by atoms with van der Waals surface area (Å²) in [6.07, 6.45) is 1.96. The van der Waals surface area contributed by atoms with E-state index in [1.807, 2.05) is 0 Å². The fourth-order valence-electron chi connectivity index (χ4n) is 2.19. The molecule has 0 atom stereocenters. The molecule has 21 heavy (non-hydrogen) atoms. The molecule has 1 heterocycles. The number of benzene rings is 1. The second kappa shape index (κ2) is 5.28. The monoisotopic (exact) mass is 306 g/mol. The van der Waals surface area contributed by atoms with E-state index in [0.29, 0.717) is 16.5 Å². The van der Waals surface area contributed by atoms with Crippen LogP contribution in [0.4, 0.5) is 5.69 Å². The van der Waals surface area contributed by atoms with Gasteiger partial charge in [0, 0.05) is 17.5 Å². The van der Waals surface area contributed by atoms with Crippen LogP contribution in [0.1, 0.15) is 34.8 Å². The van der Waals surface area contributed by atoms with Crippen LogP contribution in [-0.2, 0) is 5.75 Å². The molecule has 0 unspecified atom stereocenters. The number of aromatic amines is 1. The van der Waals surface area contributed by atoms with Crippen LogP contribution in [0.3, 0.4) is 0 Å². The predicted octanol–water partition coefficient (Wildman–Crippen LogP) is 1.48.